The van der Waals surface area contributed by atoms with Gasteiger partial charge in [-0.3, -0.25) is 9.59 Å². The number of hydrogen-bond donors (Lipinski definition) is 2. The second kappa shape index (κ2) is 9.29. The summed E-state index contributed by atoms with van der Waals surface area (Å²) in [5, 5.41) is 16.5. The van der Waals surface area contributed by atoms with Crippen LogP contribution in [0.1, 0.15) is 0 Å². The van der Waals surface area contributed by atoms with Gasteiger partial charge in [0.15, 0.2) is 0 Å². The summed E-state index contributed by atoms with van der Waals surface area (Å²) in [6.45, 7) is 0. The van der Waals surface area contributed by atoms with Gasteiger partial charge >= 0.3 is 11.9 Å². The molecular formula is C5H6NaO4S3. The van der Waals surface area contributed by atoms with Crippen molar-refractivity contribution in [3.63, 3.8) is 0 Å². The van der Waals surface area contributed by atoms with Gasteiger partial charge in [-0.2, -0.15) is 0 Å². The summed E-state index contributed by atoms with van der Waals surface area (Å²) in [6.07, 6.45) is 0. The van der Waals surface area contributed by atoms with Crippen molar-refractivity contribution in [3.05, 3.63) is 0 Å². The Labute approximate surface area is 111 Å². The van der Waals surface area contributed by atoms with Gasteiger partial charge in [0, 0.05) is 29.6 Å². The third-order valence-electron chi connectivity index (χ3n) is 0.627. The van der Waals surface area contributed by atoms with Crippen LogP contribution < -0.4 is 0 Å². The molecule has 0 aliphatic heterocycles. The molecule has 0 rings (SSSR count). The van der Waals surface area contributed by atoms with Gasteiger partial charge < -0.3 is 10.2 Å². The van der Waals surface area contributed by atoms with Crippen LogP contribution in [-0.4, -0.2) is 66.7 Å². The monoisotopic (exact) mass is 249 g/mol. The normalized spacial score (nSPS) is 8.62. The van der Waals surface area contributed by atoms with Crippen LogP contribution in [0.25, 0.3) is 0 Å². The maximum atomic E-state index is 10.0. The number of hydrogen-bond acceptors (Lipinski definition) is 5. The largest absolute Gasteiger partial charge is 0.481 e. The van der Waals surface area contributed by atoms with E-state index in [2.05, 4.69) is 0 Å². The Kier molecular flexibility index (Phi) is 11.6. The van der Waals surface area contributed by atoms with E-state index >= 15 is 0 Å². The molecule has 69 valence electrons. The number of aliphatic carboxylic acids is 2. The fourth-order valence-corrected chi connectivity index (χ4v) is 1.81. The average molecular weight is 249 g/mol. The van der Waals surface area contributed by atoms with Crippen molar-refractivity contribution >= 4 is 80.8 Å². The summed E-state index contributed by atoms with van der Waals surface area (Å²) in [6, 6.07) is 0. The molecule has 0 aromatic rings. The molecule has 0 unspecified atom stereocenters. The topological polar surface area (TPSA) is 74.6 Å². The second-order valence-corrected chi connectivity index (χ2v) is 4.77. The number of rotatable bonds is 4. The minimum absolute atomic E-state index is 0. The van der Waals surface area contributed by atoms with Crippen molar-refractivity contribution in [1.29, 1.82) is 0 Å². The Morgan fingerprint density at radius 1 is 1.08 bits per heavy atom. The van der Waals surface area contributed by atoms with E-state index in [9.17, 15) is 9.59 Å². The molecule has 0 aromatic carbocycles. The van der Waals surface area contributed by atoms with Crippen molar-refractivity contribution in [2.24, 2.45) is 0 Å². The van der Waals surface area contributed by atoms with Crippen LogP contribution in [0.3, 0.4) is 0 Å². The molecule has 2 N–H and O–H groups in total. The van der Waals surface area contributed by atoms with E-state index in [1.165, 1.54) is 0 Å². The minimum atomic E-state index is -0.960. The van der Waals surface area contributed by atoms with Gasteiger partial charge in [-0.05, 0) is 0 Å². The summed E-state index contributed by atoms with van der Waals surface area (Å²) in [5.74, 6) is -2.16. The Morgan fingerprint density at radius 2 is 1.38 bits per heavy atom. The number of carbonyl (C=O) groups is 2. The van der Waals surface area contributed by atoms with Crippen molar-refractivity contribution in [2.75, 3.05) is 11.5 Å². The number of carboxylic acids is 2. The molecule has 0 atom stereocenters. The zero-order valence-corrected chi connectivity index (χ0v) is 11.3. The summed E-state index contributed by atoms with van der Waals surface area (Å²) in [5.41, 5.74) is 0. The molecule has 0 bridgehead atoms. The third-order valence-corrected chi connectivity index (χ3v) is 3.30. The van der Waals surface area contributed by atoms with Gasteiger partial charge in [0.2, 0.25) is 0 Å². The molecule has 4 nitrogen and oxygen atoms in total. The first kappa shape index (κ1) is 16.2. The smallest absolute Gasteiger partial charge is 0.313 e. The van der Waals surface area contributed by atoms with Crippen LogP contribution in [0.4, 0.5) is 0 Å². The van der Waals surface area contributed by atoms with Gasteiger partial charge in [0.25, 0.3) is 0 Å². The molecule has 1 radical (unpaired) electrons. The van der Waals surface area contributed by atoms with Crippen LogP contribution >= 0.6 is 35.7 Å². The number of thiocarbonyl (C=S) groups is 1. The molecule has 0 amide bonds. The van der Waals surface area contributed by atoms with E-state index in [0.29, 0.717) is 3.53 Å². The summed E-state index contributed by atoms with van der Waals surface area (Å²) in [7, 11) is 0. The SMILES string of the molecule is O=C(O)CSC(=S)SCC(=O)O.[Na]. The van der Waals surface area contributed by atoms with Gasteiger partial charge in [0.05, 0.1) is 11.5 Å². The Hall–Kier alpha value is 0.730. The van der Waals surface area contributed by atoms with E-state index in [0.717, 1.165) is 23.5 Å². The van der Waals surface area contributed by atoms with E-state index in [1.807, 2.05) is 0 Å². The van der Waals surface area contributed by atoms with E-state index < -0.39 is 11.9 Å². The zero-order valence-electron chi connectivity index (χ0n) is 6.85. The maximum absolute atomic E-state index is 10.0. The third kappa shape index (κ3) is 12.7. The van der Waals surface area contributed by atoms with E-state index in [4.69, 9.17) is 22.4 Å². The van der Waals surface area contributed by atoms with Crippen molar-refractivity contribution < 1.29 is 19.8 Å². The van der Waals surface area contributed by atoms with Crippen LogP contribution in [0.15, 0.2) is 0 Å². The molecule has 0 aromatic heterocycles. The molecule has 8 heteroatoms. The van der Waals surface area contributed by atoms with Gasteiger partial charge in [-0.25, -0.2) is 0 Å². The maximum Gasteiger partial charge on any atom is 0.313 e. The fraction of sp³-hybridized carbons (Fsp3) is 0.400. The second-order valence-electron chi connectivity index (χ2n) is 1.61. The summed E-state index contributed by atoms with van der Waals surface area (Å²) >= 11 is 6.61. The van der Waals surface area contributed by atoms with Gasteiger partial charge in [-0.15, -0.1) is 0 Å². The molecule has 0 saturated heterocycles. The van der Waals surface area contributed by atoms with Crippen molar-refractivity contribution in [2.45, 2.75) is 0 Å². The van der Waals surface area contributed by atoms with Crippen molar-refractivity contribution in [3.8, 4) is 0 Å². The molecule has 13 heavy (non-hydrogen) atoms. The van der Waals surface area contributed by atoms with E-state index in [-0.39, 0.29) is 41.1 Å². The molecule has 0 fully saturated rings. The van der Waals surface area contributed by atoms with Crippen LogP contribution in [0, 0.1) is 0 Å². The number of carboxylic acid groups (broad SMARTS) is 2. The van der Waals surface area contributed by atoms with Gasteiger partial charge in [0.1, 0.15) is 3.53 Å². The van der Waals surface area contributed by atoms with Crippen LogP contribution in [0.5, 0.6) is 0 Å². The Balaban J connectivity index is 0. The first-order valence-corrected chi connectivity index (χ1v) is 5.13. The van der Waals surface area contributed by atoms with Crippen LogP contribution in [0.2, 0.25) is 0 Å². The molecule has 0 saturated carbocycles. The standard InChI is InChI=1S/C5H6O4S3.Na/c6-3(7)1-11-5(10)12-2-4(8)9;/h1-2H2,(H,6,7)(H,8,9);. The molecule has 0 aliphatic carbocycles. The first-order chi connectivity index (χ1) is 5.52. The zero-order chi connectivity index (χ0) is 9.56. The first-order valence-electron chi connectivity index (χ1n) is 2.75. The summed E-state index contributed by atoms with van der Waals surface area (Å²) < 4.78 is 0.347. The molecule has 0 spiro atoms. The minimum Gasteiger partial charge on any atom is -0.481 e. The quantitative estimate of drug-likeness (QED) is 0.556. The van der Waals surface area contributed by atoms with E-state index in [1.54, 1.807) is 0 Å². The average Bonchev–Trinajstić information content (AvgIpc) is 1.96. The molecule has 0 heterocycles. The Bertz CT molecular complexity index is 188. The predicted molar refractivity (Wildman–Crippen MR) is 58.5 cm³/mol. The Morgan fingerprint density at radius 3 is 1.62 bits per heavy atom. The molecular weight excluding hydrogens is 243 g/mol. The summed E-state index contributed by atoms with van der Waals surface area (Å²) in [4.78, 5) is 20.1. The van der Waals surface area contributed by atoms with Crippen LogP contribution in [-0.2, 0) is 9.59 Å². The molecule has 0 aliphatic rings. The van der Waals surface area contributed by atoms with Gasteiger partial charge in [-0.1, -0.05) is 35.7 Å². The predicted octanol–water partition coefficient (Wildman–Crippen LogP) is 0.526. The number of thioether (sulfide) groups is 2. The van der Waals surface area contributed by atoms with Crippen molar-refractivity contribution in [1.82, 2.24) is 0 Å². The fourth-order valence-electron chi connectivity index (χ4n) is 0.283.